The summed E-state index contributed by atoms with van der Waals surface area (Å²) in [6.07, 6.45) is 5.52. The van der Waals surface area contributed by atoms with Crippen LogP contribution in [0, 0.1) is 5.92 Å². The number of piperidine rings is 1. The van der Waals surface area contributed by atoms with E-state index in [0.29, 0.717) is 11.2 Å². The number of hydrogen-bond acceptors (Lipinski definition) is 3. The van der Waals surface area contributed by atoms with Crippen molar-refractivity contribution >= 4 is 17.3 Å². The highest BCUT2D eigenvalue weighted by Crippen LogP contribution is 2.25. The van der Waals surface area contributed by atoms with E-state index in [0.717, 1.165) is 11.6 Å². The van der Waals surface area contributed by atoms with Crippen molar-refractivity contribution in [2.24, 2.45) is 5.92 Å². The minimum absolute atomic E-state index is 0.450. The molecule has 0 saturated carbocycles. The van der Waals surface area contributed by atoms with Gasteiger partial charge in [-0.15, -0.1) is 0 Å². The molecule has 106 valence electrons. The molecule has 4 heteroatoms. The molecule has 1 aromatic rings. The Morgan fingerprint density at radius 3 is 2.84 bits per heavy atom. The summed E-state index contributed by atoms with van der Waals surface area (Å²) in [5, 5.41) is 4.08. The Morgan fingerprint density at radius 1 is 1.47 bits per heavy atom. The molecule has 1 fully saturated rings. The zero-order chi connectivity index (χ0) is 13.7. The lowest BCUT2D eigenvalue weighted by atomic mass is 9.90. The molecule has 0 radical (unpaired) electrons. The lowest BCUT2D eigenvalue weighted by Crippen LogP contribution is -2.39. The van der Waals surface area contributed by atoms with Crippen LogP contribution in [0.2, 0.25) is 5.15 Å². The first kappa shape index (κ1) is 14.6. The minimum atomic E-state index is 0.450. The van der Waals surface area contributed by atoms with Gasteiger partial charge in [0.05, 0.1) is 5.69 Å². The summed E-state index contributed by atoms with van der Waals surface area (Å²) in [7, 11) is 0. The minimum Gasteiger partial charge on any atom is -0.380 e. The van der Waals surface area contributed by atoms with Crippen molar-refractivity contribution in [2.45, 2.75) is 39.2 Å². The van der Waals surface area contributed by atoms with Gasteiger partial charge in [-0.25, -0.2) is 4.98 Å². The first-order chi connectivity index (χ1) is 9.20. The number of nitrogens with zero attached hydrogens (tertiary/aromatic N) is 2. The molecule has 0 amide bonds. The maximum absolute atomic E-state index is 6.09. The van der Waals surface area contributed by atoms with Crippen LogP contribution in [0.1, 0.15) is 33.1 Å². The Morgan fingerprint density at radius 2 is 2.21 bits per heavy atom. The highest BCUT2D eigenvalue weighted by Gasteiger charge is 2.23. The fourth-order valence-electron chi connectivity index (χ4n) is 2.85. The van der Waals surface area contributed by atoms with Crippen molar-refractivity contribution in [2.75, 3.05) is 25.0 Å². The molecule has 1 saturated heterocycles. The molecule has 0 spiro atoms. The molecule has 1 aliphatic heterocycles. The molecule has 1 unspecified atom stereocenters. The molecule has 1 aliphatic rings. The second kappa shape index (κ2) is 7.11. The van der Waals surface area contributed by atoms with Crippen molar-refractivity contribution in [1.82, 2.24) is 9.88 Å². The third kappa shape index (κ3) is 4.08. The van der Waals surface area contributed by atoms with Gasteiger partial charge in [0.25, 0.3) is 0 Å². The number of aromatic nitrogens is 1. The zero-order valence-corrected chi connectivity index (χ0v) is 12.7. The van der Waals surface area contributed by atoms with Crippen molar-refractivity contribution < 1.29 is 0 Å². The summed E-state index contributed by atoms with van der Waals surface area (Å²) in [5.41, 5.74) is 0.952. The van der Waals surface area contributed by atoms with Crippen LogP contribution in [0.25, 0.3) is 0 Å². The Labute approximate surface area is 121 Å². The highest BCUT2D eigenvalue weighted by molar-refractivity contribution is 6.31. The lowest BCUT2D eigenvalue weighted by molar-refractivity contribution is 0.176. The molecule has 1 N–H and O–H groups in total. The summed E-state index contributed by atoms with van der Waals surface area (Å²) in [6, 6.07) is 4.37. The summed E-state index contributed by atoms with van der Waals surface area (Å²) < 4.78 is 0. The normalized spacial score (nSPS) is 19.3. The van der Waals surface area contributed by atoms with E-state index in [2.05, 4.69) is 29.0 Å². The van der Waals surface area contributed by atoms with Gasteiger partial charge < -0.3 is 10.2 Å². The molecule has 0 bridgehead atoms. The van der Waals surface area contributed by atoms with Crippen LogP contribution in [-0.2, 0) is 0 Å². The first-order valence-corrected chi connectivity index (χ1v) is 7.68. The van der Waals surface area contributed by atoms with E-state index in [1.165, 1.54) is 38.9 Å². The second-order valence-electron chi connectivity index (χ2n) is 5.45. The fraction of sp³-hybridized carbons (Fsp3) is 0.667. The monoisotopic (exact) mass is 281 g/mol. The second-order valence-corrected chi connectivity index (χ2v) is 5.81. The molecule has 3 nitrogen and oxygen atoms in total. The van der Waals surface area contributed by atoms with Crippen LogP contribution in [0.15, 0.2) is 18.3 Å². The van der Waals surface area contributed by atoms with Crippen LogP contribution in [-0.4, -0.2) is 35.6 Å². The van der Waals surface area contributed by atoms with E-state index in [1.54, 1.807) is 6.20 Å². The van der Waals surface area contributed by atoms with E-state index in [4.69, 9.17) is 11.6 Å². The number of pyridine rings is 1. The molecule has 19 heavy (non-hydrogen) atoms. The Kier molecular flexibility index (Phi) is 5.46. The van der Waals surface area contributed by atoms with Crippen molar-refractivity contribution in [3.63, 3.8) is 0 Å². The number of rotatable bonds is 5. The molecule has 2 rings (SSSR count). The average Bonchev–Trinajstić information content (AvgIpc) is 2.42. The molecule has 1 atom stereocenters. The van der Waals surface area contributed by atoms with Crippen LogP contribution >= 0.6 is 11.6 Å². The van der Waals surface area contributed by atoms with E-state index in [1.807, 2.05) is 12.1 Å². The Hall–Kier alpha value is -0.800. The van der Waals surface area contributed by atoms with Gasteiger partial charge in [-0.05, 0) is 63.9 Å². The predicted octanol–water partition coefficient (Wildman–Crippen LogP) is 3.66. The van der Waals surface area contributed by atoms with Gasteiger partial charge in [0.1, 0.15) is 0 Å². The maximum Gasteiger partial charge on any atom is 0.152 e. The van der Waals surface area contributed by atoms with Gasteiger partial charge >= 0.3 is 0 Å². The van der Waals surface area contributed by atoms with Crippen LogP contribution in [0.3, 0.4) is 0 Å². The number of likely N-dealkylation sites (tertiary alicyclic amines) is 1. The van der Waals surface area contributed by atoms with Crippen LogP contribution in [0.5, 0.6) is 0 Å². The van der Waals surface area contributed by atoms with Gasteiger partial charge in [-0.3, -0.25) is 0 Å². The average molecular weight is 282 g/mol. The topological polar surface area (TPSA) is 28.2 Å². The van der Waals surface area contributed by atoms with Gasteiger partial charge in [-0.2, -0.15) is 0 Å². The third-order valence-electron chi connectivity index (χ3n) is 4.02. The molecule has 1 aromatic heterocycles. The predicted molar refractivity (Wildman–Crippen MR) is 81.8 cm³/mol. The third-order valence-corrected chi connectivity index (χ3v) is 4.32. The Bertz CT molecular complexity index is 389. The highest BCUT2D eigenvalue weighted by atomic mass is 35.5. The van der Waals surface area contributed by atoms with E-state index in [-0.39, 0.29) is 0 Å². The molecule has 0 aliphatic carbocycles. The van der Waals surface area contributed by atoms with E-state index < -0.39 is 0 Å². The maximum atomic E-state index is 6.09. The van der Waals surface area contributed by atoms with Gasteiger partial charge in [0.2, 0.25) is 0 Å². The first-order valence-electron chi connectivity index (χ1n) is 7.30. The van der Waals surface area contributed by atoms with Crippen molar-refractivity contribution in [3.8, 4) is 0 Å². The molecule has 0 aromatic carbocycles. The van der Waals surface area contributed by atoms with Crippen molar-refractivity contribution in [3.05, 3.63) is 23.5 Å². The lowest BCUT2D eigenvalue weighted by Gasteiger charge is -2.35. The smallest absolute Gasteiger partial charge is 0.152 e. The number of hydrogen-bond donors (Lipinski definition) is 1. The molecule has 2 heterocycles. The standard InChI is InChI=1S/C15H24ClN3/c1-3-9-19-10-6-13(7-11-19)12(2)18-14-5-4-8-17-15(14)16/h4-5,8,12-13,18H,3,6-7,9-11H2,1-2H3. The number of halogens is 1. The Balaban J connectivity index is 1.85. The summed E-state index contributed by atoms with van der Waals surface area (Å²) in [6.45, 7) is 8.20. The van der Waals surface area contributed by atoms with E-state index >= 15 is 0 Å². The largest absolute Gasteiger partial charge is 0.380 e. The molecular formula is C15H24ClN3. The quantitative estimate of drug-likeness (QED) is 0.835. The summed E-state index contributed by atoms with van der Waals surface area (Å²) >= 11 is 6.09. The van der Waals surface area contributed by atoms with Crippen molar-refractivity contribution in [1.29, 1.82) is 0 Å². The van der Waals surface area contributed by atoms with Crippen LogP contribution < -0.4 is 5.32 Å². The zero-order valence-electron chi connectivity index (χ0n) is 11.9. The van der Waals surface area contributed by atoms with Gasteiger partial charge in [0.15, 0.2) is 5.15 Å². The summed E-state index contributed by atoms with van der Waals surface area (Å²) in [4.78, 5) is 6.68. The molecular weight excluding hydrogens is 258 g/mol. The fourth-order valence-corrected chi connectivity index (χ4v) is 3.02. The number of nitrogens with one attached hydrogen (secondary N) is 1. The van der Waals surface area contributed by atoms with E-state index in [9.17, 15) is 0 Å². The summed E-state index contributed by atoms with van der Waals surface area (Å²) in [5.74, 6) is 0.726. The van der Waals surface area contributed by atoms with Crippen LogP contribution in [0.4, 0.5) is 5.69 Å². The van der Waals surface area contributed by atoms with Gasteiger partial charge in [0, 0.05) is 12.2 Å². The SMILES string of the molecule is CCCN1CCC(C(C)Nc2cccnc2Cl)CC1. The number of anilines is 1. The van der Waals surface area contributed by atoms with Gasteiger partial charge in [-0.1, -0.05) is 18.5 Å².